The van der Waals surface area contributed by atoms with Gasteiger partial charge in [-0.05, 0) is 133 Å². The van der Waals surface area contributed by atoms with Gasteiger partial charge in [-0.15, -0.1) is 5.10 Å². The molecule has 4 heterocycles. The van der Waals surface area contributed by atoms with Crippen molar-refractivity contribution in [1.29, 1.82) is 0 Å². The number of ketones is 3. The molecule has 1 amide bonds. The average molecular weight is 1080 g/mol. The molecule has 18 heteroatoms. The van der Waals surface area contributed by atoms with Gasteiger partial charge in [0.25, 0.3) is 11.7 Å². The molecule has 4 N–H and O–H groups in total. The monoisotopic (exact) mass is 1080 g/mol. The van der Waals surface area contributed by atoms with Gasteiger partial charge in [0.05, 0.1) is 37.2 Å². The molecule has 2 bridgehead atoms. The average Bonchev–Trinajstić information content (AvgIpc) is 3.92. The van der Waals surface area contributed by atoms with Crippen molar-refractivity contribution >= 4 is 29.2 Å². The van der Waals surface area contributed by atoms with Crippen molar-refractivity contribution in [3.8, 4) is 0 Å². The molecule has 5 rings (SSSR count). The standard InChI is InChI=1S/C59H92N4O14/c1-36-17-13-12-14-18-37(2)49(73-9)31-46-25-20-42(7)59(72,77-46)55(69)56(70)62-26-16-15-19-47(62)57(71)76-50(32-48(66)38(3)28-41(6)53(68)54(75-11)52(67)40(5)27-36)39(4)29-43-21-22-44(51(30-43)74-10)23-24-45-33-63(61-60-45)58(8,34-64)35-65/h12-14,17-18,28,33,36,38-40,42-44,46-47,49-51,53-54,64-65,68,72H,15-16,19-27,29-32,34-35H2,1-11H3/b14-12+,17-13+,37-18+,41-28+/t36-,38-,39-,40-,42-,43+,44+,46+,47+,49+,50+,51-,53-,54+,59-/m1/s1. The molecule has 3 aliphatic heterocycles. The summed E-state index contributed by atoms with van der Waals surface area (Å²) in [6.07, 6.45) is 15.6. The predicted molar refractivity (Wildman–Crippen MR) is 289 cm³/mol. The van der Waals surface area contributed by atoms with Crippen LogP contribution in [0.4, 0.5) is 0 Å². The van der Waals surface area contributed by atoms with E-state index in [2.05, 4.69) is 10.3 Å². The van der Waals surface area contributed by atoms with Gasteiger partial charge in [-0.2, -0.15) is 0 Å². The number of cyclic esters (lactones) is 1. The van der Waals surface area contributed by atoms with E-state index in [1.54, 1.807) is 54.2 Å². The Morgan fingerprint density at radius 2 is 1.61 bits per heavy atom. The van der Waals surface area contributed by atoms with Gasteiger partial charge in [0.1, 0.15) is 35.7 Å². The van der Waals surface area contributed by atoms with E-state index in [0.717, 1.165) is 37.0 Å². The fourth-order valence-electron chi connectivity index (χ4n) is 11.8. The quantitative estimate of drug-likeness (QED) is 0.101. The van der Waals surface area contributed by atoms with Crippen LogP contribution in [0.5, 0.6) is 0 Å². The summed E-state index contributed by atoms with van der Waals surface area (Å²) in [4.78, 5) is 72.8. The summed E-state index contributed by atoms with van der Waals surface area (Å²) in [6.45, 7) is 13.9. The SMILES string of the molecule is CO[C@H]1C[C@@H]2CC[C@@H](C)[C@@](O)(O2)C(=O)C(=O)N2CCCC[C@H]2C(=O)O[C@H]([C@H](C)C[C@@H]2CC[C@@H](CCc3cn(C(C)(CO)CO)nn3)[C@H](OC)C2)CC(=O)[C@H](C)/C=C(\C)[C@@H](O)[C@@H](OC)C(=O)[C@H](C)C[C@H](C)/C=C/C=C/C=C/1C. The summed E-state index contributed by atoms with van der Waals surface area (Å²) in [7, 11) is 4.66. The molecule has 4 aliphatic rings. The highest BCUT2D eigenvalue weighted by Gasteiger charge is 2.53. The number of Topliss-reactive ketones (excluding diaryl/α,β-unsaturated/α-hetero) is 3. The first-order valence-corrected chi connectivity index (χ1v) is 28.2. The van der Waals surface area contributed by atoms with Gasteiger partial charge in [-0.25, -0.2) is 9.48 Å². The van der Waals surface area contributed by atoms with E-state index < -0.39 is 83.3 Å². The van der Waals surface area contributed by atoms with Gasteiger partial charge >= 0.3 is 5.97 Å². The number of aliphatic hydroxyl groups excluding tert-OH is 3. The van der Waals surface area contributed by atoms with Crippen molar-refractivity contribution < 1.29 is 68.1 Å². The fraction of sp³-hybridized carbons (Fsp3) is 0.746. The number of allylic oxidation sites excluding steroid dienone is 6. The van der Waals surface area contributed by atoms with Gasteiger partial charge in [-0.1, -0.05) is 76.3 Å². The number of nitrogens with zero attached hydrogens (tertiary/aromatic N) is 4. The van der Waals surface area contributed by atoms with E-state index in [9.17, 15) is 44.4 Å². The summed E-state index contributed by atoms with van der Waals surface area (Å²) in [5.41, 5.74) is 1.03. The first kappa shape index (κ1) is 63.6. The zero-order valence-corrected chi connectivity index (χ0v) is 47.8. The fourth-order valence-corrected chi connectivity index (χ4v) is 11.8. The summed E-state index contributed by atoms with van der Waals surface area (Å²) >= 11 is 0. The van der Waals surface area contributed by atoms with E-state index in [4.69, 9.17) is 23.7 Å². The number of piperidine rings is 1. The lowest BCUT2D eigenvalue weighted by molar-refractivity contribution is -0.265. The maximum absolute atomic E-state index is 14.6. The molecular formula is C59H92N4O14. The van der Waals surface area contributed by atoms with Crippen LogP contribution in [0.15, 0.2) is 53.8 Å². The molecule has 0 radical (unpaired) electrons. The summed E-state index contributed by atoms with van der Waals surface area (Å²) < 4.78 is 31.6. The second-order valence-corrected chi connectivity index (χ2v) is 23.3. The molecule has 1 aromatic rings. The molecule has 15 atom stereocenters. The highest BCUT2D eigenvalue weighted by atomic mass is 16.6. The van der Waals surface area contributed by atoms with Gasteiger partial charge in [0.2, 0.25) is 5.79 Å². The molecule has 0 spiro atoms. The molecule has 432 valence electrons. The third-order valence-corrected chi connectivity index (χ3v) is 17.2. The normalized spacial score (nSPS) is 36.2. The van der Waals surface area contributed by atoms with Crippen LogP contribution < -0.4 is 0 Å². The lowest BCUT2D eigenvalue weighted by Crippen LogP contribution is -2.61. The summed E-state index contributed by atoms with van der Waals surface area (Å²) in [6, 6.07) is -1.16. The van der Waals surface area contributed by atoms with E-state index >= 15 is 0 Å². The molecule has 0 aromatic carbocycles. The molecular weight excluding hydrogens is 989 g/mol. The van der Waals surface area contributed by atoms with Crippen molar-refractivity contribution in [2.24, 2.45) is 41.4 Å². The van der Waals surface area contributed by atoms with Crippen LogP contribution in [0.25, 0.3) is 0 Å². The van der Waals surface area contributed by atoms with Crippen molar-refractivity contribution in [1.82, 2.24) is 19.9 Å². The third kappa shape index (κ3) is 16.4. The minimum Gasteiger partial charge on any atom is -0.460 e. The van der Waals surface area contributed by atoms with Crippen molar-refractivity contribution in [2.45, 2.75) is 199 Å². The number of aliphatic hydroxyl groups is 4. The smallest absolute Gasteiger partial charge is 0.329 e. The largest absolute Gasteiger partial charge is 0.460 e. The number of methoxy groups -OCH3 is 3. The first-order chi connectivity index (χ1) is 36.5. The maximum Gasteiger partial charge on any atom is 0.329 e. The number of carbonyl (C=O) groups is 5. The Morgan fingerprint density at radius 1 is 0.883 bits per heavy atom. The molecule has 1 saturated carbocycles. The number of fused-ring (bicyclic) bond motifs is 3. The Kier molecular flexibility index (Phi) is 24.2. The van der Waals surface area contributed by atoms with Crippen LogP contribution >= 0.6 is 0 Å². The number of hydrogen-bond acceptors (Lipinski definition) is 16. The second-order valence-electron chi connectivity index (χ2n) is 23.3. The lowest BCUT2D eigenvalue weighted by Gasteiger charge is -2.42. The van der Waals surface area contributed by atoms with Crippen molar-refractivity contribution in [3.05, 3.63) is 59.5 Å². The molecule has 1 aromatic heterocycles. The Labute approximate surface area is 457 Å². The Hall–Kier alpha value is -4.27. The topological polar surface area (TPSA) is 246 Å². The molecule has 77 heavy (non-hydrogen) atoms. The number of carbonyl (C=O) groups excluding carboxylic acids is 5. The van der Waals surface area contributed by atoms with Gasteiger partial charge in [0.15, 0.2) is 5.78 Å². The number of hydrogen-bond donors (Lipinski definition) is 4. The van der Waals surface area contributed by atoms with E-state index in [-0.39, 0.29) is 73.9 Å². The van der Waals surface area contributed by atoms with Gasteiger partial charge < -0.3 is 49.0 Å². The number of esters is 1. The lowest BCUT2D eigenvalue weighted by atomic mass is 9.74. The highest BCUT2D eigenvalue weighted by molar-refractivity contribution is 6.39. The van der Waals surface area contributed by atoms with E-state index in [1.807, 2.05) is 58.1 Å². The van der Waals surface area contributed by atoms with E-state index in [0.29, 0.717) is 56.9 Å². The van der Waals surface area contributed by atoms with Crippen LogP contribution in [0.1, 0.15) is 145 Å². The molecule has 18 nitrogen and oxygen atoms in total. The van der Waals surface area contributed by atoms with Crippen LogP contribution in [0.2, 0.25) is 0 Å². The number of rotatable bonds is 12. The molecule has 2 saturated heterocycles. The minimum absolute atomic E-state index is 0.00611. The Morgan fingerprint density at radius 3 is 2.29 bits per heavy atom. The number of aryl methyl sites for hydroxylation is 1. The Balaban J connectivity index is 1.42. The molecule has 3 fully saturated rings. The number of ether oxygens (including phenoxy) is 5. The third-order valence-electron chi connectivity index (χ3n) is 17.2. The Bertz CT molecular complexity index is 2250. The van der Waals surface area contributed by atoms with Crippen LogP contribution in [0, 0.1) is 41.4 Å². The molecule has 0 unspecified atom stereocenters. The predicted octanol–water partition coefficient (Wildman–Crippen LogP) is 6.36. The van der Waals surface area contributed by atoms with Gasteiger partial charge in [-0.3, -0.25) is 19.2 Å². The van der Waals surface area contributed by atoms with Crippen molar-refractivity contribution in [2.75, 3.05) is 41.1 Å². The maximum atomic E-state index is 14.6. The zero-order valence-electron chi connectivity index (χ0n) is 47.8. The summed E-state index contributed by atoms with van der Waals surface area (Å²) in [5, 5.41) is 51.8. The van der Waals surface area contributed by atoms with Crippen LogP contribution in [0.3, 0.4) is 0 Å². The van der Waals surface area contributed by atoms with Crippen LogP contribution in [-0.2, 0) is 59.6 Å². The number of amides is 1. The zero-order chi connectivity index (χ0) is 56.8. The van der Waals surface area contributed by atoms with Crippen molar-refractivity contribution in [3.63, 3.8) is 0 Å². The molecule has 1 aliphatic carbocycles. The van der Waals surface area contributed by atoms with E-state index in [1.165, 1.54) is 16.7 Å². The summed E-state index contributed by atoms with van der Waals surface area (Å²) in [5.74, 6) is -7.83. The minimum atomic E-state index is -2.45. The highest BCUT2D eigenvalue weighted by Crippen LogP contribution is 2.40. The second kappa shape index (κ2) is 29.3. The van der Waals surface area contributed by atoms with Crippen LogP contribution in [-0.4, -0.2) is 159 Å². The first-order valence-electron chi connectivity index (χ1n) is 28.2. The van der Waals surface area contributed by atoms with Gasteiger partial charge in [0, 0.05) is 64.7 Å². The number of aromatic nitrogens is 3.